The zero-order valence-electron chi connectivity index (χ0n) is 18.6. The van der Waals surface area contributed by atoms with Crippen LogP contribution < -0.4 is 4.90 Å². The summed E-state index contributed by atoms with van der Waals surface area (Å²) in [4.78, 5) is 16.6. The molecule has 2 aliphatic heterocycles. The standard InChI is InChI=1S/C23H26F3N5O2/c1-29-20(5-8-28-29)21(32)30-9-6-22(7-10-30)15-31(13-17(22)14-33-2)18-4-3-16(12-27)19(11-18)23(24,25)26/h3-5,8,11,17H,6-7,9-10,13-15H2,1-2H3. The third kappa shape index (κ3) is 4.29. The van der Waals surface area contributed by atoms with E-state index in [4.69, 9.17) is 10.00 Å². The first-order valence-electron chi connectivity index (χ1n) is 10.8. The average Bonchev–Trinajstić information content (AvgIpc) is 3.37. The van der Waals surface area contributed by atoms with Gasteiger partial charge in [0.25, 0.3) is 5.91 Å². The molecule has 2 fully saturated rings. The number of amides is 1. The fraction of sp³-hybridized carbons (Fsp3) is 0.522. The molecule has 0 bridgehead atoms. The Hall–Kier alpha value is -3.06. The number of rotatable bonds is 4. The number of nitrogens with zero attached hydrogens (tertiary/aromatic N) is 5. The summed E-state index contributed by atoms with van der Waals surface area (Å²) in [5.74, 6) is 0.0614. The highest BCUT2D eigenvalue weighted by Crippen LogP contribution is 2.47. The SMILES string of the molecule is COCC1CN(c2ccc(C#N)c(C(F)(F)F)c2)CC12CCN(C(=O)c1ccnn1C)CC2. The Kier molecular flexibility index (Phi) is 6.10. The molecule has 3 heterocycles. The quantitative estimate of drug-likeness (QED) is 0.699. The van der Waals surface area contributed by atoms with Crippen LogP contribution in [0.5, 0.6) is 0 Å². The number of anilines is 1. The van der Waals surface area contributed by atoms with Crippen LogP contribution in [0.1, 0.15) is 34.5 Å². The van der Waals surface area contributed by atoms with Crippen LogP contribution in [-0.4, -0.2) is 60.5 Å². The molecule has 1 spiro atoms. The van der Waals surface area contributed by atoms with E-state index in [9.17, 15) is 18.0 Å². The van der Waals surface area contributed by atoms with Gasteiger partial charge in [-0.05, 0) is 42.5 Å². The summed E-state index contributed by atoms with van der Waals surface area (Å²) < 4.78 is 47.5. The van der Waals surface area contributed by atoms with E-state index in [0.717, 1.165) is 18.9 Å². The summed E-state index contributed by atoms with van der Waals surface area (Å²) in [6, 6.07) is 7.22. The summed E-state index contributed by atoms with van der Waals surface area (Å²) in [5.41, 5.74) is -0.470. The van der Waals surface area contributed by atoms with Gasteiger partial charge in [-0.1, -0.05) is 0 Å². The molecule has 1 amide bonds. The third-order valence-corrected chi connectivity index (χ3v) is 7.06. The molecule has 1 aromatic heterocycles. The molecule has 4 rings (SSSR count). The van der Waals surface area contributed by atoms with E-state index in [1.54, 1.807) is 43.2 Å². The minimum absolute atomic E-state index is 0.0649. The van der Waals surface area contributed by atoms with Crippen LogP contribution in [-0.2, 0) is 18.0 Å². The number of likely N-dealkylation sites (tertiary alicyclic amines) is 1. The zero-order chi connectivity index (χ0) is 23.8. The summed E-state index contributed by atoms with van der Waals surface area (Å²) in [7, 11) is 3.36. The van der Waals surface area contributed by atoms with Crippen LogP contribution in [0.2, 0.25) is 0 Å². The van der Waals surface area contributed by atoms with Gasteiger partial charge in [0.1, 0.15) is 5.69 Å². The Balaban J connectivity index is 1.54. The highest BCUT2D eigenvalue weighted by atomic mass is 19.4. The number of ether oxygens (including phenoxy) is 1. The van der Waals surface area contributed by atoms with E-state index in [2.05, 4.69) is 5.10 Å². The zero-order valence-corrected chi connectivity index (χ0v) is 18.6. The topological polar surface area (TPSA) is 74.4 Å². The van der Waals surface area contributed by atoms with Gasteiger partial charge in [0.05, 0.1) is 23.8 Å². The van der Waals surface area contributed by atoms with Crippen LogP contribution in [0.25, 0.3) is 0 Å². The van der Waals surface area contributed by atoms with Crippen molar-refractivity contribution in [1.82, 2.24) is 14.7 Å². The van der Waals surface area contributed by atoms with Crippen molar-refractivity contribution in [2.75, 3.05) is 44.8 Å². The highest BCUT2D eigenvalue weighted by Gasteiger charge is 2.49. The summed E-state index contributed by atoms with van der Waals surface area (Å²) in [6.45, 7) is 2.78. The Bertz CT molecular complexity index is 1070. The van der Waals surface area contributed by atoms with Crippen LogP contribution in [0, 0.1) is 22.7 Å². The normalized spacial score (nSPS) is 20.3. The van der Waals surface area contributed by atoms with E-state index in [1.807, 2.05) is 9.80 Å². The third-order valence-electron chi connectivity index (χ3n) is 7.06. The average molecular weight is 461 g/mol. The Morgan fingerprint density at radius 1 is 1.30 bits per heavy atom. The number of hydrogen-bond acceptors (Lipinski definition) is 5. The van der Waals surface area contributed by atoms with Gasteiger partial charge in [0, 0.05) is 58.1 Å². The van der Waals surface area contributed by atoms with Crippen molar-refractivity contribution in [3.8, 4) is 6.07 Å². The molecule has 176 valence electrons. The number of carbonyl (C=O) groups is 1. The minimum Gasteiger partial charge on any atom is -0.384 e. The highest BCUT2D eigenvalue weighted by molar-refractivity contribution is 5.92. The maximum atomic E-state index is 13.5. The van der Waals surface area contributed by atoms with Crippen LogP contribution in [0.15, 0.2) is 30.5 Å². The van der Waals surface area contributed by atoms with Crippen LogP contribution >= 0.6 is 0 Å². The van der Waals surface area contributed by atoms with Crippen molar-refractivity contribution in [2.24, 2.45) is 18.4 Å². The van der Waals surface area contributed by atoms with Gasteiger partial charge in [-0.15, -0.1) is 0 Å². The fourth-order valence-corrected chi connectivity index (χ4v) is 5.19. The van der Waals surface area contributed by atoms with E-state index >= 15 is 0 Å². The number of hydrogen-bond donors (Lipinski definition) is 0. The lowest BCUT2D eigenvalue weighted by molar-refractivity contribution is -0.137. The predicted octanol–water partition coefficient (Wildman–Crippen LogP) is 3.32. The first-order valence-corrected chi connectivity index (χ1v) is 10.8. The first-order chi connectivity index (χ1) is 15.7. The van der Waals surface area contributed by atoms with Gasteiger partial charge in [-0.3, -0.25) is 9.48 Å². The van der Waals surface area contributed by atoms with Crippen molar-refractivity contribution in [3.63, 3.8) is 0 Å². The monoisotopic (exact) mass is 461 g/mol. The Morgan fingerprint density at radius 2 is 2.03 bits per heavy atom. The van der Waals surface area contributed by atoms with E-state index < -0.39 is 11.7 Å². The van der Waals surface area contributed by atoms with Crippen molar-refractivity contribution >= 4 is 11.6 Å². The molecular formula is C23H26F3N5O2. The molecule has 0 N–H and O–H groups in total. The molecule has 0 radical (unpaired) electrons. The lowest BCUT2D eigenvalue weighted by atomic mass is 9.71. The van der Waals surface area contributed by atoms with Gasteiger partial charge < -0.3 is 14.5 Å². The molecule has 7 nitrogen and oxygen atoms in total. The molecule has 1 atom stereocenters. The largest absolute Gasteiger partial charge is 0.417 e. The van der Waals surface area contributed by atoms with Gasteiger partial charge in [-0.2, -0.15) is 23.5 Å². The molecule has 10 heteroatoms. The van der Waals surface area contributed by atoms with E-state index in [1.165, 1.54) is 6.07 Å². The van der Waals surface area contributed by atoms with Gasteiger partial charge in [0.2, 0.25) is 0 Å². The van der Waals surface area contributed by atoms with Gasteiger partial charge in [-0.25, -0.2) is 0 Å². The fourth-order valence-electron chi connectivity index (χ4n) is 5.19. The van der Waals surface area contributed by atoms with Crippen molar-refractivity contribution < 1.29 is 22.7 Å². The molecule has 1 aromatic carbocycles. The number of methoxy groups -OCH3 is 1. The van der Waals surface area contributed by atoms with Crippen molar-refractivity contribution in [3.05, 3.63) is 47.3 Å². The molecule has 1 unspecified atom stereocenters. The molecule has 2 aromatic rings. The maximum absolute atomic E-state index is 13.5. The second kappa shape index (κ2) is 8.71. The summed E-state index contributed by atoms with van der Waals surface area (Å²) in [5, 5.41) is 13.2. The van der Waals surface area contributed by atoms with Crippen LogP contribution in [0.4, 0.5) is 18.9 Å². The van der Waals surface area contributed by atoms with E-state index in [0.29, 0.717) is 44.2 Å². The number of halogens is 3. The number of aromatic nitrogens is 2. The van der Waals surface area contributed by atoms with Crippen molar-refractivity contribution in [1.29, 1.82) is 5.26 Å². The second-order valence-electron chi connectivity index (χ2n) is 8.87. The number of carbonyl (C=O) groups excluding carboxylic acids is 1. The number of benzene rings is 1. The molecule has 0 aliphatic carbocycles. The maximum Gasteiger partial charge on any atom is 0.417 e. The number of aryl methyl sites for hydroxylation is 1. The minimum atomic E-state index is -4.60. The Morgan fingerprint density at radius 3 is 2.61 bits per heavy atom. The number of nitriles is 1. The lowest BCUT2D eigenvalue weighted by Gasteiger charge is -2.42. The summed E-state index contributed by atoms with van der Waals surface area (Å²) in [6.07, 6.45) is -1.52. The number of alkyl halides is 3. The molecule has 2 aliphatic rings. The molecule has 0 saturated carbocycles. The first kappa shape index (κ1) is 23.1. The molecule has 2 saturated heterocycles. The molecular weight excluding hydrogens is 435 g/mol. The Labute approximate surface area is 190 Å². The van der Waals surface area contributed by atoms with E-state index in [-0.39, 0.29) is 22.8 Å². The van der Waals surface area contributed by atoms with Crippen molar-refractivity contribution in [2.45, 2.75) is 19.0 Å². The van der Waals surface area contributed by atoms with Crippen LogP contribution in [0.3, 0.4) is 0 Å². The predicted molar refractivity (Wildman–Crippen MR) is 115 cm³/mol. The second-order valence-corrected chi connectivity index (χ2v) is 8.87. The smallest absolute Gasteiger partial charge is 0.384 e. The summed E-state index contributed by atoms with van der Waals surface area (Å²) >= 11 is 0. The van der Waals surface area contributed by atoms with Gasteiger partial charge in [0.15, 0.2) is 0 Å². The number of piperidine rings is 1. The lowest BCUT2D eigenvalue weighted by Crippen LogP contribution is -2.47. The molecule has 33 heavy (non-hydrogen) atoms. The van der Waals surface area contributed by atoms with Gasteiger partial charge >= 0.3 is 6.18 Å².